The Morgan fingerprint density at radius 2 is 1.95 bits per heavy atom. The van der Waals surface area contributed by atoms with Gasteiger partial charge in [0.15, 0.2) is 0 Å². The van der Waals surface area contributed by atoms with Gasteiger partial charge in [0.25, 0.3) is 0 Å². The van der Waals surface area contributed by atoms with Crippen molar-refractivity contribution in [3.63, 3.8) is 0 Å². The van der Waals surface area contributed by atoms with E-state index in [4.69, 9.17) is 16.0 Å². The molecule has 1 N–H and O–H groups in total. The van der Waals surface area contributed by atoms with Crippen LogP contribution in [0.5, 0.6) is 0 Å². The Labute approximate surface area is 123 Å². The molecule has 0 aliphatic rings. The average Bonchev–Trinajstić information content (AvgIpc) is 2.90. The van der Waals surface area contributed by atoms with Gasteiger partial charge in [-0.15, -0.1) is 0 Å². The van der Waals surface area contributed by atoms with Crippen molar-refractivity contribution < 1.29 is 4.42 Å². The highest BCUT2D eigenvalue weighted by atomic mass is 35.5. The molecule has 1 aromatic heterocycles. The molecule has 0 saturated heterocycles. The quantitative estimate of drug-likeness (QED) is 0.740. The third-order valence-corrected chi connectivity index (χ3v) is 3.69. The second kappa shape index (κ2) is 5.70. The van der Waals surface area contributed by atoms with E-state index < -0.39 is 0 Å². The topological polar surface area (TPSA) is 25.2 Å². The number of hydrogen-bond donors (Lipinski definition) is 1. The molecule has 0 radical (unpaired) electrons. The zero-order valence-corrected chi connectivity index (χ0v) is 12.1. The van der Waals surface area contributed by atoms with Gasteiger partial charge in [-0.05, 0) is 42.4 Å². The monoisotopic (exact) mass is 285 g/mol. The summed E-state index contributed by atoms with van der Waals surface area (Å²) in [5.41, 5.74) is 3.05. The van der Waals surface area contributed by atoms with Gasteiger partial charge in [0.1, 0.15) is 11.3 Å². The largest absolute Gasteiger partial charge is 0.456 e. The van der Waals surface area contributed by atoms with Crippen LogP contribution in [0.25, 0.3) is 22.3 Å². The third kappa shape index (κ3) is 2.58. The summed E-state index contributed by atoms with van der Waals surface area (Å²) in [6, 6.07) is 16.1. The molecule has 2 nitrogen and oxygen atoms in total. The number of furan rings is 1. The van der Waals surface area contributed by atoms with Crippen LogP contribution in [-0.4, -0.2) is 6.54 Å². The van der Waals surface area contributed by atoms with Gasteiger partial charge in [-0.2, -0.15) is 0 Å². The Morgan fingerprint density at radius 1 is 1.10 bits per heavy atom. The van der Waals surface area contributed by atoms with Crippen molar-refractivity contribution in [1.29, 1.82) is 0 Å². The number of fused-ring (bicyclic) bond motifs is 1. The van der Waals surface area contributed by atoms with Gasteiger partial charge in [-0.1, -0.05) is 36.7 Å². The van der Waals surface area contributed by atoms with Crippen LogP contribution in [0.2, 0.25) is 5.02 Å². The van der Waals surface area contributed by atoms with Gasteiger partial charge in [0, 0.05) is 22.5 Å². The van der Waals surface area contributed by atoms with E-state index in [1.54, 1.807) is 0 Å². The van der Waals surface area contributed by atoms with Gasteiger partial charge in [-0.25, -0.2) is 0 Å². The molecule has 102 valence electrons. The molecule has 3 heteroatoms. The number of hydrogen-bond acceptors (Lipinski definition) is 2. The van der Waals surface area contributed by atoms with E-state index in [1.807, 2.05) is 30.3 Å². The van der Waals surface area contributed by atoms with Crippen molar-refractivity contribution in [2.45, 2.75) is 13.5 Å². The average molecular weight is 286 g/mol. The molecule has 0 bridgehead atoms. The lowest BCUT2D eigenvalue weighted by atomic mass is 10.1. The summed E-state index contributed by atoms with van der Waals surface area (Å²) < 4.78 is 5.89. The predicted molar refractivity (Wildman–Crippen MR) is 84.0 cm³/mol. The molecule has 2 aromatic carbocycles. The fourth-order valence-electron chi connectivity index (χ4n) is 2.25. The first-order valence-corrected chi connectivity index (χ1v) is 7.14. The van der Waals surface area contributed by atoms with E-state index in [0.29, 0.717) is 0 Å². The molecular weight excluding hydrogens is 270 g/mol. The van der Waals surface area contributed by atoms with Crippen LogP contribution in [0.15, 0.2) is 52.9 Å². The molecule has 0 unspecified atom stereocenters. The minimum absolute atomic E-state index is 0.767. The summed E-state index contributed by atoms with van der Waals surface area (Å²) in [6.45, 7) is 3.77. The van der Waals surface area contributed by atoms with Crippen LogP contribution >= 0.6 is 11.6 Å². The van der Waals surface area contributed by atoms with Gasteiger partial charge in [0.2, 0.25) is 0 Å². The molecule has 3 aromatic rings. The van der Waals surface area contributed by atoms with Crippen LogP contribution in [0, 0.1) is 0 Å². The first-order valence-electron chi connectivity index (χ1n) is 6.76. The van der Waals surface area contributed by atoms with Gasteiger partial charge >= 0.3 is 0 Å². The fraction of sp³-hybridized carbons (Fsp3) is 0.176. The molecule has 0 aliphatic carbocycles. The van der Waals surface area contributed by atoms with E-state index >= 15 is 0 Å². The summed E-state index contributed by atoms with van der Waals surface area (Å²) in [5, 5.41) is 5.20. The minimum Gasteiger partial charge on any atom is -0.456 e. The zero-order valence-electron chi connectivity index (χ0n) is 11.3. The maximum atomic E-state index is 6.23. The Morgan fingerprint density at radius 3 is 2.75 bits per heavy atom. The van der Waals surface area contributed by atoms with Gasteiger partial charge in [-0.3, -0.25) is 0 Å². The fourth-order valence-corrected chi connectivity index (χ4v) is 2.43. The van der Waals surface area contributed by atoms with E-state index in [0.717, 1.165) is 46.0 Å². The normalized spacial score (nSPS) is 11.1. The maximum Gasteiger partial charge on any atom is 0.135 e. The molecule has 0 fully saturated rings. The minimum atomic E-state index is 0.767. The highest BCUT2D eigenvalue weighted by Gasteiger charge is 2.08. The smallest absolute Gasteiger partial charge is 0.135 e. The third-order valence-electron chi connectivity index (χ3n) is 3.32. The van der Waals surface area contributed by atoms with Gasteiger partial charge in [0.05, 0.1) is 0 Å². The van der Waals surface area contributed by atoms with Crippen LogP contribution < -0.4 is 5.32 Å². The highest BCUT2D eigenvalue weighted by molar-refractivity contribution is 6.31. The Balaban J connectivity index is 2.00. The second-order valence-corrected chi connectivity index (χ2v) is 5.14. The van der Waals surface area contributed by atoms with Crippen LogP contribution in [0.1, 0.15) is 12.5 Å². The maximum absolute atomic E-state index is 6.23. The predicted octanol–water partition coefficient (Wildman–Crippen LogP) is 4.86. The Kier molecular flexibility index (Phi) is 3.77. The Bertz CT molecular complexity index is 700. The number of halogens is 1. The molecular formula is C17H16ClNO. The molecule has 0 atom stereocenters. The van der Waals surface area contributed by atoms with Crippen molar-refractivity contribution in [2.24, 2.45) is 0 Å². The molecule has 0 amide bonds. The van der Waals surface area contributed by atoms with Crippen molar-refractivity contribution >= 4 is 22.6 Å². The number of para-hydroxylation sites is 1. The van der Waals surface area contributed by atoms with Crippen molar-refractivity contribution in [2.75, 3.05) is 6.54 Å². The lowest BCUT2D eigenvalue weighted by Gasteiger charge is -2.06. The van der Waals surface area contributed by atoms with Crippen molar-refractivity contribution in [3.8, 4) is 11.3 Å². The molecule has 3 rings (SSSR count). The van der Waals surface area contributed by atoms with E-state index in [2.05, 4.69) is 30.4 Å². The molecule has 0 saturated carbocycles. The number of nitrogens with one attached hydrogen (secondary N) is 1. The van der Waals surface area contributed by atoms with Gasteiger partial charge < -0.3 is 9.73 Å². The SMILES string of the molecule is CCNCc1cc(-c2cc3ccccc3o2)ccc1Cl. The second-order valence-electron chi connectivity index (χ2n) is 4.73. The molecule has 0 spiro atoms. The Hall–Kier alpha value is -1.77. The lowest BCUT2D eigenvalue weighted by molar-refractivity contribution is 0.631. The first kappa shape index (κ1) is 13.2. The molecule has 20 heavy (non-hydrogen) atoms. The van der Waals surface area contributed by atoms with Crippen LogP contribution in [-0.2, 0) is 6.54 Å². The standard InChI is InChI=1S/C17H16ClNO/c1-2-19-11-14-9-13(7-8-15(14)18)17-10-12-5-3-4-6-16(12)20-17/h3-10,19H,2,11H2,1H3. The van der Waals surface area contributed by atoms with E-state index in [1.165, 1.54) is 0 Å². The summed E-state index contributed by atoms with van der Waals surface area (Å²) in [4.78, 5) is 0. The van der Waals surface area contributed by atoms with E-state index in [9.17, 15) is 0 Å². The summed E-state index contributed by atoms with van der Waals surface area (Å²) in [6.07, 6.45) is 0. The number of benzene rings is 2. The number of rotatable bonds is 4. The summed E-state index contributed by atoms with van der Waals surface area (Å²) in [7, 11) is 0. The highest BCUT2D eigenvalue weighted by Crippen LogP contribution is 2.30. The summed E-state index contributed by atoms with van der Waals surface area (Å²) >= 11 is 6.23. The van der Waals surface area contributed by atoms with E-state index in [-0.39, 0.29) is 0 Å². The zero-order chi connectivity index (χ0) is 13.9. The van der Waals surface area contributed by atoms with Crippen molar-refractivity contribution in [1.82, 2.24) is 5.32 Å². The lowest BCUT2D eigenvalue weighted by Crippen LogP contribution is -2.12. The molecule has 0 aliphatic heterocycles. The van der Waals surface area contributed by atoms with Crippen LogP contribution in [0.3, 0.4) is 0 Å². The summed E-state index contributed by atoms with van der Waals surface area (Å²) in [5.74, 6) is 0.876. The van der Waals surface area contributed by atoms with Crippen LogP contribution in [0.4, 0.5) is 0 Å². The van der Waals surface area contributed by atoms with Crippen molar-refractivity contribution in [3.05, 3.63) is 59.1 Å². The first-order chi connectivity index (χ1) is 9.78. The molecule has 1 heterocycles.